The average Bonchev–Trinajstić information content (AvgIpc) is 3.46. The predicted octanol–water partition coefficient (Wildman–Crippen LogP) is 3.71. The van der Waals surface area contributed by atoms with Crippen molar-refractivity contribution in [2.24, 2.45) is 0 Å². The minimum absolute atomic E-state index is 0.0694. The van der Waals surface area contributed by atoms with Gasteiger partial charge in [0.15, 0.2) is 4.96 Å². The number of carbonyl (C=O) groups excluding carboxylic acids is 1. The number of fused-ring (bicyclic) bond motifs is 4. The largest absolute Gasteiger partial charge is 0.456 e. The minimum atomic E-state index is -0.493. The second-order valence-corrected chi connectivity index (χ2v) is 9.34. The Kier molecular flexibility index (Phi) is 4.21. The van der Waals surface area contributed by atoms with Gasteiger partial charge in [-0.2, -0.15) is 0 Å². The minimum Gasteiger partial charge on any atom is -0.456 e. The molecule has 0 spiro atoms. The van der Waals surface area contributed by atoms with E-state index in [1.54, 1.807) is 28.7 Å². The Balaban J connectivity index is 1.31. The van der Waals surface area contributed by atoms with Crippen molar-refractivity contribution in [3.8, 4) is 0 Å². The summed E-state index contributed by atoms with van der Waals surface area (Å²) in [4.78, 5) is 36.7. The molecule has 0 aliphatic heterocycles. The fourth-order valence-corrected chi connectivity index (χ4v) is 5.53. The van der Waals surface area contributed by atoms with Crippen molar-refractivity contribution in [1.29, 1.82) is 0 Å². The summed E-state index contributed by atoms with van der Waals surface area (Å²) in [5.41, 5.74) is 3.60. The molecule has 4 heterocycles. The highest BCUT2D eigenvalue weighted by Gasteiger charge is 2.29. The Morgan fingerprint density at radius 1 is 1.26 bits per heavy atom. The van der Waals surface area contributed by atoms with Gasteiger partial charge in [-0.05, 0) is 51.5 Å². The molecule has 0 amide bonds. The number of pyridine rings is 1. The van der Waals surface area contributed by atoms with E-state index in [4.69, 9.17) is 9.26 Å². The Morgan fingerprint density at radius 2 is 2.10 bits per heavy atom. The van der Waals surface area contributed by atoms with Gasteiger partial charge in [0.25, 0.3) is 11.3 Å². The zero-order chi connectivity index (χ0) is 21.1. The average molecular weight is 436 g/mol. The molecule has 31 heavy (non-hydrogen) atoms. The number of rotatable bonds is 4. The SMILES string of the molecule is Cc1noc2nc(C3CC3)cc(C(=O)OCc3cc(=O)n4c5c(sc4n3)CCCC5)c12. The van der Waals surface area contributed by atoms with E-state index in [0.29, 0.717) is 38.9 Å². The van der Waals surface area contributed by atoms with Gasteiger partial charge in [0, 0.05) is 28.2 Å². The molecule has 0 saturated heterocycles. The van der Waals surface area contributed by atoms with E-state index in [1.165, 1.54) is 10.9 Å². The maximum Gasteiger partial charge on any atom is 0.339 e. The first-order valence-electron chi connectivity index (χ1n) is 10.6. The van der Waals surface area contributed by atoms with Crippen LogP contribution in [0.15, 0.2) is 21.5 Å². The maximum absolute atomic E-state index is 13.0. The van der Waals surface area contributed by atoms with Crippen molar-refractivity contribution >= 4 is 33.4 Å². The van der Waals surface area contributed by atoms with Crippen molar-refractivity contribution in [1.82, 2.24) is 19.5 Å². The molecule has 2 aliphatic rings. The van der Waals surface area contributed by atoms with Gasteiger partial charge in [-0.3, -0.25) is 9.20 Å². The lowest BCUT2D eigenvalue weighted by Gasteiger charge is -2.10. The summed E-state index contributed by atoms with van der Waals surface area (Å²) < 4.78 is 12.6. The van der Waals surface area contributed by atoms with E-state index in [2.05, 4.69) is 15.1 Å². The number of aryl methyl sites for hydroxylation is 3. The number of hydrogen-bond acceptors (Lipinski definition) is 8. The van der Waals surface area contributed by atoms with Crippen molar-refractivity contribution in [3.05, 3.63) is 55.7 Å². The van der Waals surface area contributed by atoms with Crippen LogP contribution in [0.1, 0.15) is 69.6 Å². The summed E-state index contributed by atoms with van der Waals surface area (Å²) in [6.07, 6.45) is 6.25. The third-order valence-corrected chi connectivity index (χ3v) is 7.16. The van der Waals surface area contributed by atoms with E-state index in [9.17, 15) is 9.59 Å². The van der Waals surface area contributed by atoms with E-state index in [-0.39, 0.29) is 12.2 Å². The van der Waals surface area contributed by atoms with Crippen LogP contribution < -0.4 is 5.56 Å². The Hall–Kier alpha value is -3.07. The molecule has 8 nitrogen and oxygen atoms in total. The van der Waals surface area contributed by atoms with Crippen molar-refractivity contribution in [2.75, 3.05) is 0 Å². The first-order valence-corrected chi connectivity index (χ1v) is 11.4. The highest BCUT2D eigenvalue weighted by atomic mass is 32.1. The summed E-state index contributed by atoms with van der Waals surface area (Å²) in [7, 11) is 0. The smallest absolute Gasteiger partial charge is 0.339 e. The van der Waals surface area contributed by atoms with Crippen LogP contribution in [0.2, 0.25) is 0 Å². The highest BCUT2D eigenvalue weighted by molar-refractivity contribution is 7.17. The van der Waals surface area contributed by atoms with E-state index < -0.39 is 5.97 Å². The lowest BCUT2D eigenvalue weighted by atomic mass is 10.0. The molecule has 2 aliphatic carbocycles. The summed E-state index contributed by atoms with van der Waals surface area (Å²) in [6.45, 7) is 1.70. The lowest BCUT2D eigenvalue weighted by Crippen LogP contribution is -2.18. The molecule has 4 aromatic heterocycles. The van der Waals surface area contributed by atoms with Crippen LogP contribution in [-0.2, 0) is 24.2 Å². The molecule has 0 aromatic carbocycles. The first kappa shape index (κ1) is 18.7. The predicted molar refractivity (Wildman–Crippen MR) is 114 cm³/mol. The molecule has 0 unspecified atom stereocenters. The number of ether oxygens (including phenoxy) is 1. The van der Waals surface area contributed by atoms with Crippen LogP contribution in [0.3, 0.4) is 0 Å². The van der Waals surface area contributed by atoms with Crippen LogP contribution in [0.25, 0.3) is 16.1 Å². The number of nitrogens with zero attached hydrogens (tertiary/aromatic N) is 4. The van der Waals surface area contributed by atoms with Crippen molar-refractivity contribution in [3.63, 3.8) is 0 Å². The fraction of sp³-hybridized carbons (Fsp3) is 0.409. The van der Waals surface area contributed by atoms with Gasteiger partial charge < -0.3 is 9.26 Å². The first-order chi connectivity index (χ1) is 15.1. The maximum atomic E-state index is 13.0. The molecular formula is C22H20N4O4S. The molecule has 158 valence electrons. The third kappa shape index (κ3) is 3.15. The van der Waals surface area contributed by atoms with Gasteiger partial charge in [0.1, 0.15) is 6.61 Å². The number of hydrogen-bond donors (Lipinski definition) is 0. The monoisotopic (exact) mass is 436 g/mol. The van der Waals surface area contributed by atoms with Crippen LogP contribution in [-0.4, -0.2) is 25.5 Å². The number of carbonyl (C=O) groups is 1. The second-order valence-electron chi connectivity index (χ2n) is 8.28. The van der Waals surface area contributed by atoms with Gasteiger partial charge in [-0.1, -0.05) is 5.16 Å². The lowest BCUT2D eigenvalue weighted by molar-refractivity contribution is 0.0470. The van der Waals surface area contributed by atoms with Crippen LogP contribution >= 0.6 is 11.3 Å². The standard InChI is InChI=1S/C22H20N4O4S/c1-11-19-14(9-15(12-6-7-12)24-20(19)30-25-11)21(28)29-10-13-8-18(27)26-16-4-2-3-5-17(16)31-22(26)23-13/h8-9,12H,2-7,10H2,1H3. The molecule has 0 atom stereocenters. The normalized spacial score (nSPS) is 16.0. The zero-order valence-corrected chi connectivity index (χ0v) is 17.8. The Morgan fingerprint density at radius 3 is 2.94 bits per heavy atom. The van der Waals surface area contributed by atoms with Crippen LogP contribution in [0.5, 0.6) is 0 Å². The van der Waals surface area contributed by atoms with Gasteiger partial charge in [-0.25, -0.2) is 14.8 Å². The topological polar surface area (TPSA) is 99.6 Å². The molecule has 0 radical (unpaired) electrons. The van der Waals surface area contributed by atoms with E-state index in [0.717, 1.165) is 49.9 Å². The Bertz CT molecular complexity index is 1410. The third-order valence-electron chi connectivity index (χ3n) is 6.02. The second kappa shape index (κ2) is 6.98. The fourth-order valence-electron chi connectivity index (χ4n) is 4.30. The molecule has 4 aromatic rings. The van der Waals surface area contributed by atoms with E-state index in [1.807, 2.05) is 0 Å². The molecule has 6 rings (SSSR count). The quantitative estimate of drug-likeness (QED) is 0.450. The van der Waals surface area contributed by atoms with Gasteiger partial charge in [0.05, 0.1) is 22.3 Å². The Labute approximate surface area is 180 Å². The van der Waals surface area contributed by atoms with Gasteiger partial charge in [0.2, 0.25) is 0 Å². The summed E-state index contributed by atoms with van der Waals surface area (Å²) in [6, 6.07) is 3.25. The number of esters is 1. The molecule has 0 N–H and O–H groups in total. The van der Waals surface area contributed by atoms with Crippen molar-refractivity contribution < 1.29 is 14.1 Å². The van der Waals surface area contributed by atoms with Gasteiger partial charge in [-0.15, -0.1) is 11.3 Å². The molecule has 1 saturated carbocycles. The molecule has 1 fully saturated rings. The van der Waals surface area contributed by atoms with E-state index >= 15 is 0 Å². The van der Waals surface area contributed by atoms with Gasteiger partial charge >= 0.3 is 5.97 Å². The van der Waals surface area contributed by atoms with Crippen LogP contribution in [0.4, 0.5) is 0 Å². The molecule has 0 bridgehead atoms. The summed E-state index contributed by atoms with van der Waals surface area (Å²) in [5.74, 6) is -0.136. The number of thiazole rings is 1. The molecule has 9 heteroatoms. The zero-order valence-electron chi connectivity index (χ0n) is 17.0. The summed E-state index contributed by atoms with van der Waals surface area (Å²) >= 11 is 1.56. The number of aromatic nitrogens is 4. The van der Waals surface area contributed by atoms with Crippen LogP contribution in [0, 0.1) is 6.92 Å². The highest BCUT2D eigenvalue weighted by Crippen LogP contribution is 2.40. The molecular weight excluding hydrogens is 416 g/mol. The summed E-state index contributed by atoms with van der Waals surface area (Å²) in [5, 5.41) is 4.53. The van der Waals surface area contributed by atoms with Crippen molar-refractivity contribution in [2.45, 2.75) is 58.0 Å².